The van der Waals surface area contributed by atoms with Gasteiger partial charge in [0.25, 0.3) is 0 Å². The average molecular weight is 326 g/mol. The number of amides is 2. The van der Waals surface area contributed by atoms with Crippen LogP contribution in [0.3, 0.4) is 0 Å². The van der Waals surface area contributed by atoms with Crippen molar-refractivity contribution in [1.29, 1.82) is 0 Å². The Morgan fingerprint density at radius 3 is 2.67 bits per heavy atom. The number of aryl methyl sites for hydroxylation is 4. The predicted molar refractivity (Wildman–Crippen MR) is 96.2 cm³/mol. The van der Waals surface area contributed by atoms with Crippen LogP contribution in [0.5, 0.6) is 0 Å². The quantitative estimate of drug-likeness (QED) is 0.896. The first kappa shape index (κ1) is 16.6. The van der Waals surface area contributed by atoms with Gasteiger partial charge in [-0.1, -0.05) is 25.1 Å². The zero-order valence-corrected chi connectivity index (χ0v) is 14.7. The molecule has 0 saturated heterocycles. The number of nitrogens with zero attached hydrogens (tertiary/aromatic N) is 2. The van der Waals surface area contributed by atoms with E-state index in [1.807, 2.05) is 20.0 Å². The summed E-state index contributed by atoms with van der Waals surface area (Å²) in [6, 6.07) is 8.32. The fourth-order valence-electron chi connectivity index (χ4n) is 3.32. The molecule has 3 rings (SSSR count). The van der Waals surface area contributed by atoms with E-state index < -0.39 is 0 Å². The predicted octanol–water partition coefficient (Wildman–Crippen LogP) is 3.88. The van der Waals surface area contributed by atoms with Crippen molar-refractivity contribution < 1.29 is 4.79 Å². The van der Waals surface area contributed by atoms with E-state index in [9.17, 15) is 4.79 Å². The lowest BCUT2D eigenvalue weighted by Crippen LogP contribution is -2.32. The number of rotatable bonds is 4. The minimum atomic E-state index is -0.210. The molecule has 0 bridgehead atoms. The third-order valence-electron chi connectivity index (χ3n) is 4.84. The summed E-state index contributed by atoms with van der Waals surface area (Å²) in [5.41, 5.74) is 5.10. The van der Waals surface area contributed by atoms with Crippen LogP contribution >= 0.6 is 0 Å². The molecule has 0 saturated carbocycles. The van der Waals surface area contributed by atoms with Crippen LogP contribution in [0.4, 0.5) is 10.6 Å². The summed E-state index contributed by atoms with van der Waals surface area (Å²) >= 11 is 0. The minimum absolute atomic E-state index is 0.0158. The Hall–Kier alpha value is -2.30. The molecule has 2 amide bonds. The summed E-state index contributed by atoms with van der Waals surface area (Å²) in [5, 5.41) is 10.1. The maximum Gasteiger partial charge on any atom is 0.320 e. The van der Waals surface area contributed by atoms with E-state index in [0.29, 0.717) is 5.82 Å². The summed E-state index contributed by atoms with van der Waals surface area (Å²) in [6.45, 7) is 4.05. The van der Waals surface area contributed by atoms with Gasteiger partial charge in [0.1, 0.15) is 0 Å². The molecule has 1 atom stereocenters. The van der Waals surface area contributed by atoms with Gasteiger partial charge in [-0.2, -0.15) is 5.10 Å². The fraction of sp³-hybridized carbons (Fsp3) is 0.474. The topological polar surface area (TPSA) is 59.0 Å². The van der Waals surface area contributed by atoms with Crippen LogP contribution in [0.2, 0.25) is 0 Å². The van der Waals surface area contributed by atoms with E-state index in [1.54, 1.807) is 4.68 Å². The molecule has 1 aromatic carbocycles. The number of anilines is 1. The molecule has 1 aliphatic rings. The van der Waals surface area contributed by atoms with Crippen LogP contribution < -0.4 is 10.6 Å². The Labute approximate surface area is 143 Å². The van der Waals surface area contributed by atoms with Gasteiger partial charge in [0.15, 0.2) is 5.82 Å². The number of nitrogens with one attached hydrogen (secondary N) is 2. The Morgan fingerprint density at radius 1 is 1.25 bits per heavy atom. The van der Waals surface area contributed by atoms with Crippen LogP contribution in [0.25, 0.3) is 0 Å². The van der Waals surface area contributed by atoms with Crippen LogP contribution in [0.15, 0.2) is 24.3 Å². The van der Waals surface area contributed by atoms with E-state index in [2.05, 4.69) is 40.9 Å². The summed E-state index contributed by atoms with van der Waals surface area (Å²) in [4.78, 5) is 12.3. The van der Waals surface area contributed by atoms with E-state index >= 15 is 0 Å². The van der Waals surface area contributed by atoms with Gasteiger partial charge in [0.2, 0.25) is 0 Å². The smallest absolute Gasteiger partial charge is 0.320 e. The lowest BCUT2D eigenvalue weighted by atomic mass is 9.89. The molecule has 1 unspecified atom stereocenters. The van der Waals surface area contributed by atoms with Gasteiger partial charge in [-0.15, -0.1) is 0 Å². The number of fused-ring (bicyclic) bond motifs is 1. The van der Waals surface area contributed by atoms with Crippen LogP contribution in [0, 0.1) is 6.92 Å². The van der Waals surface area contributed by atoms with E-state index in [1.165, 1.54) is 36.0 Å². The molecule has 128 valence electrons. The Balaban J connectivity index is 1.68. The average Bonchev–Trinajstić information content (AvgIpc) is 2.89. The van der Waals surface area contributed by atoms with Crippen LogP contribution in [-0.4, -0.2) is 15.8 Å². The summed E-state index contributed by atoms with van der Waals surface area (Å²) in [5.74, 6) is 0.577. The molecule has 5 nitrogen and oxygen atoms in total. The van der Waals surface area contributed by atoms with Gasteiger partial charge in [0.05, 0.1) is 6.04 Å². The lowest BCUT2D eigenvalue weighted by Gasteiger charge is -2.21. The molecule has 0 radical (unpaired) electrons. The van der Waals surface area contributed by atoms with Crippen molar-refractivity contribution in [2.45, 2.75) is 52.0 Å². The van der Waals surface area contributed by atoms with Crippen molar-refractivity contribution >= 4 is 11.8 Å². The van der Waals surface area contributed by atoms with Crippen molar-refractivity contribution in [2.24, 2.45) is 7.05 Å². The van der Waals surface area contributed by atoms with E-state index in [-0.39, 0.29) is 12.1 Å². The molecule has 2 N–H and O–H groups in total. The molecule has 0 fully saturated rings. The van der Waals surface area contributed by atoms with E-state index in [4.69, 9.17) is 0 Å². The maximum absolute atomic E-state index is 12.3. The Kier molecular flexibility index (Phi) is 4.88. The number of hydrogen-bond donors (Lipinski definition) is 2. The van der Waals surface area contributed by atoms with Gasteiger partial charge in [-0.3, -0.25) is 10.00 Å². The summed E-state index contributed by atoms with van der Waals surface area (Å²) in [7, 11) is 1.86. The highest BCUT2D eigenvalue weighted by molar-refractivity contribution is 5.88. The first-order chi connectivity index (χ1) is 11.6. The van der Waals surface area contributed by atoms with E-state index in [0.717, 1.165) is 18.5 Å². The Bertz CT molecular complexity index is 715. The lowest BCUT2D eigenvalue weighted by molar-refractivity contribution is 0.248. The third kappa shape index (κ3) is 3.61. The molecule has 5 heteroatoms. The molecular formula is C19H26N4O. The van der Waals surface area contributed by atoms with Crippen molar-refractivity contribution in [2.75, 3.05) is 5.32 Å². The highest BCUT2D eigenvalue weighted by Gasteiger charge is 2.16. The second-order valence-electron chi connectivity index (χ2n) is 6.59. The molecular weight excluding hydrogens is 300 g/mol. The molecule has 2 aromatic rings. The fourth-order valence-corrected chi connectivity index (χ4v) is 3.32. The number of aromatic nitrogens is 2. The third-order valence-corrected chi connectivity index (χ3v) is 4.84. The molecule has 1 aliphatic carbocycles. The number of hydrogen-bond acceptors (Lipinski definition) is 2. The summed E-state index contributed by atoms with van der Waals surface area (Å²) in [6.07, 6.45) is 5.74. The molecule has 0 aliphatic heterocycles. The normalized spacial score (nSPS) is 14.8. The standard InChI is InChI=1S/C19H26N4O/c1-4-17(16-10-9-14-7-5-6-8-15(14)12-16)20-19(24)21-18-11-13(2)23(3)22-18/h9-12,17H,4-8H2,1-3H3,(H2,20,21,22,24). The van der Waals surface area contributed by atoms with Crippen molar-refractivity contribution in [3.05, 3.63) is 46.6 Å². The molecule has 24 heavy (non-hydrogen) atoms. The second kappa shape index (κ2) is 7.07. The van der Waals surface area contributed by atoms with Gasteiger partial charge in [-0.25, -0.2) is 4.79 Å². The number of carbonyl (C=O) groups excluding carboxylic acids is 1. The molecule has 0 spiro atoms. The number of benzene rings is 1. The van der Waals surface area contributed by atoms with Gasteiger partial charge < -0.3 is 5.32 Å². The molecule has 1 aromatic heterocycles. The zero-order valence-electron chi connectivity index (χ0n) is 14.7. The second-order valence-corrected chi connectivity index (χ2v) is 6.59. The number of urea groups is 1. The summed E-state index contributed by atoms with van der Waals surface area (Å²) < 4.78 is 1.75. The van der Waals surface area contributed by atoms with Gasteiger partial charge in [-0.05, 0) is 55.7 Å². The van der Waals surface area contributed by atoms with Crippen molar-refractivity contribution in [3.63, 3.8) is 0 Å². The van der Waals surface area contributed by atoms with Crippen molar-refractivity contribution in [3.8, 4) is 0 Å². The zero-order chi connectivity index (χ0) is 17.1. The Morgan fingerprint density at radius 2 is 2.00 bits per heavy atom. The highest BCUT2D eigenvalue weighted by atomic mass is 16.2. The first-order valence-electron chi connectivity index (χ1n) is 8.76. The molecule has 1 heterocycles. The van der Waals surface area contributed by atoms with Crippen LogP contribution in [-0.2, 0) is 19.9 Å². The SMILES string of the molecule is CCC(NC(=O)Nc1cc(C)n(C)n1)c1ccc2c(c1)CCCC2. The largest absolute Gasteiger partial charge is 0.331 e. The van der Waals surface area contributed by atoms with Crippen molar-refractivity contribution in [1.82, 2.24) is 15.1 Å². The highest BCUT2D eigenvalue weighted by Crippen LogP contribution is 2.26. The minimum Gasteiger partial charge on any atom is -0.331 e. The van der Waals surface area contributed by atoms with Gasteiger partial charge >= 0.3 is 6.03 Å². The number of carbonyl (C=O) groups is 1. The maximum atomic E-state index is 12.3. The van der Waals surface area contributed by atoms with Gasteiger partial charge in [0, 0.05) is 18.8 Å². The first-order valence-corrected chi connectivity index (χ1v) is 8.76. The monoisotopic (exact) mass is 326 g/mol. The van der Waals surface area contributed by atoms with Crippen LogP contribution in [0.1, 0.15) is 54.6 Å².